The van der Waals surface area contributed by atoms with E-state index in [0.717, 1.165) is 29.5 Å². The van der Waals surface area contributed by atoms with Crippen molar-refractivity contribution in [3.05, 3.63) is 54.1 Å². The van der Waals surface area contributed by atoms with Crippen molar-refractivity contribution in [1.29, 1.82) is 0 Å². The summed E-state index contributed by atoms with van der Waals surface area (Å²) in [6, 6.07) is 15.8. The van der Waals surface area contributed by atoms with Crippen LogP contribution in [0.1, 0.15) is 52.0 Å². The van der Waals surface area contributed by atoms with Crippen LogP contribution in [-0.2, 0) is 26.0 Å². The SMILES string of the molecule is CC(C)(C)OC(=O)CCOc1ccccc1-c1cccc(C[C@]2(N)CC[C@H](NS(C)(=O)=O)C2)c1. The van der Waals surface area contributed by atoms with Crippen molar-refractivity contribution in [2.75, 3.05) is 12.9 Å². The van der Waals surface area contributed by atoms with E-state index in [2.05, 4.69) is 10.8 Å². The molecule has 2 aromatic rings. The maximum atomic E-state index is 12.0. The highest BCUT2D eigenvalue weighted by molar-refractivity contribution is 7.88. The summed E-state index contributed by atoms with van der Waals surface area (Å²) in [7, 11) is -3.25. The number of nitrogens with one attached hydrogen (secondary N) is 1. The van der Waals surface area contributed by atoms with Gasteiger partial charge in [0.15, 0.2) is 0 Å². The van der Waals surface area contributed by atoms with Crippen molar-refractivity contribution >= 4 is 16.0 Å². The molecule has 0 aliphatic heterocycles. The van der Waals surface area contributed by atoms with Crippen molar-refractivity contribution < 1.29 is 22.7 Å². The number of hydrogen-bond donors (Lipinski definition) is 2. The molecular formula is C26H36N2O5S. The lowest BCUT2D eigenvalue weighted by Crippen LogP contribution is -2.42. The molecule has 186 valence electrons. The molecule has 1 fully saturated rings. The van der Waals surface area contributed by atoms with E-state index in [1.54, 1.807) is 0 Å². The summed E-state index contributed by atoms with van der Waals surface area (Å²) < 4.78 is 37.1. The van der Waals surface area contributed by atoms with Crippen molar-refractivity contribution in [1.82, 2.24) is 4.72 Å². The number of ether oxygens (including phenoxy) is 2. The molecule has 1 saturated carbocycles. The third-order valence-electron chi connectivity index (χ3n) is 5.69. The fourth-order valence-electron chi connectivity index (χ4n) is 4.44. The van der Waals surface area contributed by atoms with Gasteiger partial charge in [-0.05, 0) is 63.6 Å². The Morgan fingerprint density at radius 1 is 1.18 bits per heavy atom. The monoisotopic (exact) mass is 488 g/mol. The van der Waals surface area contributed by atoms with E-state index in [0.29, 0.717) is 18.6 Å². The minimum absolute atomic E-state index is 0.123. The van der Waals surface area contributed by atoms with Crippen LogP contribution in [0, 0.1) is 0 Å². The first-order chi connectivity index (χ1) is 15.8. The molecule has 0 bridgehead atoms. The Kier molecular flexibility index (Phi) is 8.06. The molecule has 0 amide bonds. The summed E-state index contributed by atoms with van der Waals surface area (Å²) in [5.41, 5.74) is 8.70. The molecule has 2 aromatic carbocycles. The number of rotatable bonds is 9. The Labute approximate surface area is 203 Å². The molecule has 3 rings (SSSR count). The van der Waals surface area contributed by atoms with Crippen LogP contribution in [0.15, 0.2) is 48.5 Å². The number of hydrogen-bond acceptors (Lipinski definition) is 6. The maximum absolute atomic E-state index is 12.0. The zero-order valence-electron chi connectivity index (χ0n) is 20.5. The molecule has 0 radical (unpaired) electrons. The number of para-hydroxylation sites is 1. The fraction of sp³-hybridized carbons (Fsp3) is 0.500. The zero-order valence-corrected chi connectivity index (χ0v) is 21.3. The summed E-state index contributed by atoms with van der Waals surface area (Å²) in [6.45, 7) is 5.75. The van der Waals surface area contributed by atoms with Gasteiger partial charge < -0.3 is 15.2 Å². The topological polar surface area (TPSA) is 108 Å². The summed E-state index contributed by atoms with van der Waals surface area (Å²) in [5.74, 6) is 0.407. The number of benzene rings is 2. The van der Waals surface area contributed by atoms with Gasteiger partial charge in [0.05, 0.1) is 19.3 Å². The highest BCUT2D eigenvalue weighted by Gasteiger charge is 2.36. The van der Waals surface area contributed by atoms with Crippen molar-refractivity contribution in [2.45, 2.75) is 70.1 Å². The average Bonchev–Trinajstić information content (AvgIpc) is 3.05. The minimum atomic E-state index is -3.25. The second-order valence-electron chi connectivity index (χ2n) is 10.3. The second-order valence-corrected chi connectivity index (χ2v) is 12.0. The number of esters is 1. The highest BCUT2D eigenvalue weighted by Crippen LogP contribution is 2.34. The van der Waals surface area contributed by atoms with E-state index in [9.17, 15) is 13.2 Å². The number of sulfonamides is 1. The molecule has 7 nitrogen and oxygen atoms in total. The van der Waals surface area contributed by atoms with Gasteiger partial charge in [-0.2, -0.15) is 0 Å². The van der Waals surface area contributed by atoms with Crippen LogP contribution < -0.4 is 15.2 Å². The first-order valence-electron chi connectivity index (χ1n) is 11.6. The first-order valence-corrected chi connectivity index (χ1v) is 13.5. The first kappa shape index (κ1) is 26.2. The molecule has 8 heteroatoms. The van der Waals surface area contributed by atoms with Gasteiger partial charge in [0.25, 0.3) is 0 Å². The van der Waals surface area contributed by atoms with Crippen molar-refractivity contribution in [2.24, 2.45) is 5.73 Å². The van der Waals surface area contributed by atoms with E-state index in [1.807, 2.05) is 63.2 Å². The van der Waals surface area contributed by atoms with Crippen LogP contribution in [-0.4, -0.2) is 44.4 Å². The van der Waals surface area contributed by atoms with Crippen LogP contribution in [0.3, 0.4) is 0 Å². The smallest absolute Gasteiger partial charge is 0.309 e. The van der Waals surface area contributed by atoms with Crippen LogP contribution in [0.4, 0.5) is 0 Å². The van der Waals surface area contributed by atoms with E-state index in [1.165, 1.54) is 6.26 Å². The molecule has 0 spiro atoms. The van der Waals surface area contributed by atoms with Crippen molar-refractivity contribution in [3.63, 3.8) is 0 Å². The third kappa shape index (κ3) is 8.11. The molecule has 0 unspecified atom stereocenters. The van der Waals surface area contributed by atoms with Gasteiger partial charge in [-0.1, -0.05) is 42.5 Å². The fourth-order valence-corrected chi connectivity index (χ4v) is 5.25. The lowest BCUT2D eigenvalue weighted by Gasteiger charge is -2.25. The number of carbonyl (C=O) groups is 1. The standard InChI is InChI=1S/C26H36N2O5S/c1-25(2,3)33-24(29)13-15-32-23-11-6-5-10-22(23)20-9-7-8-19(16-20)17-26(27)14-12-21(18-26)28-34(4,30)31/h5-11,16,21,28H,12-15,17-18,27H2,1-4H3/t21-,26+/m0/s1. The molecular weight excluding hydrogens is 452 g/mol. The Balaban J connectivity index is 1.67. The number of nitrogens with two attached hydrogens (primary N) is 1. The molecule has 0 aromatic heterocycles. The predicted octanol–water partition coefficient (Wildman–Crippen LogP) is 3.81. The predicted molar refractivity (Wildman–Crippen MR) is 134 cm³/mol. The second kappa shape index (κ2) is 10.5. The quantitative estimate of drug-likeness (QED) is 0.520. The molecule has 1 aliphatic carbocycles. The largest absolute Gasteiger partial charge is 0.492 e. The normalized spacial score (nSPS) is 20.8. The molecule has 0 heterocycles. The Morgan fingerprint density at radius 2 is 1.91 bits per heavy atom. The third-order valence-corrected chi connectivity index (χ3v) is 6.45. The van der Waals surface area contributed by atoms with Crippen LogP contribution in [0.5, 0.6) is 5.75 Å². The number of carbonyl (C=O) groups excluding carboxylic acids is 1. The van der Waals surface area contributed by atoms with Gasteiger partial charge in [-0.15, -0.1) is 0 Å². The Hall–Kier alpha value is -2.42. The zero-order chi connectivity index (χ0) is 25.0. The van der Waals surface area contributed by atoms with Gasteiger partial charge >= 0.3 is 5.97 Å². The molecule has 3 N–H and O–H groups in total. The maximum Gasteiger partial charge on any atom is 0.309 e. The molecule has 34 heavy (non-hydrogen) atoms. The summed E-state index contributed by atoms with van der Waals surface area (Å²) in [4.78, 5) is 12.0. The summed E-state index contributed by atoms with van der Waals surface area (Å²) in [5, 5.41) is 0. The summed E-state index contributed by atoms with van der Waals surface area (Å²) >= 11 is 0. The van der Waals surface area contributed by atoms with E-state index in [-0.39, 0.29) is 25.0 Å². The van der Waals surface area contributed by atoms with Gasteiger partial charge in [-0.25, -0.2) is 13.1 Å². The van der Waals surface area contributed by atoms with Crippen LogP contribution >= 0.6 is 0 Å². The van der Waals surface area contributed by atoms with Crippen LogP contribution in [0.25, 0.3) is 11.1 Å². The lowest BCUT2D eigenvalue weighted by atomic mass is 9.89. The Morgan fingerprint density at radius 3 is 2.62 bits per heavy atom. The molecule has 2 atom stereocenters. The summed E-state index contributed by atoms with van der Waals surface area (Å²) in [6.07, 6.45) is 4.11. The van der Waals surface area contributed by atoms with Gasteiger partial charge in [0.2, 0.25) is 10.0 Å². The van der Waals surface area contributed by atoms with Crippen LogP contribution in [0.2, 0.25) is 0 Å². The minimum Gasteiger partial charge on any atom is -0.492 e. The van der Waals surface area contributed by atoms with E-state index in [4.69, 9.17) is 15.2 Å². The van der Waals surface area contributed by atoms with E-state index < -0.39 is 21.2 Å². The van der Waals surface area contributed by atoms with Gasteiger partial charge in [0.1, 0.15) is 11.4 Å². The van der Waals surface area contributed by atoms with Gasteiger partial charge in [-0.3, -0.25) is 4.79 Å². The Bertz CT molecular complexity index is 1110. The molecule has 0 saturated heterocycles. The average molecular weight is 489 g/mol. The van der Waals surface area contributed by atoms with E-state index >= 15 is 0 Å². The highest BCUT2D eigenvalue weighted by atomic mass is 32.2. The van der Waals surface area contributed by atoms with Gasteiger partial charge in [0, 0.05) is 17.1 Å². The van der Waals surface area contributed by atoms with Crippen molar-refractivity contribution in [3.8, 4) is 16.9 Å². The molecule has 1 aliphatic rings. The lowest BCUT2D eigenvalue weighted by molar-refractivity contribution is -0.155.